The molecule has 0 amide bonds. The van der Waals surface area contributed by atoms with Crippen LogP contribution in [0.3, 0.4) is 0 Å². The SMILES string of the molecule is Cn1cnn(CN2CCN(Cc3cccs3)CC2)c1=S. The molecule has 0 bridgehead atoms. The van der Waals surface area contributed by atoms with Gasteiger partial charge < -0.3 is 4.57 Å². The molecule has 0 spiro atoms. The first kappa shape index (κ1) is 13.9. The highest BCUT2D eigenvalue weighted by atomic mass is 32.1. The molecule has 0 atom stereocenters. The summed E-state index contributed by atoms with van der Waals surface area (Å²) in [5.74, 6) is 0. The van der Waals surface area contributed by atoms with E-state index in [0.717, 1.165) is 44.2 Å². The summed E-state index contributed by atoms with van der Waals surface area (Å²) in [6, 6.07) is 4.34. The number of aryl methyl sites for hydroxylation is 1. The predicted molar refractivity (Wildman–Crippen MR) is 83.2 cm³/mol. The van der Waals surface area contributed by atoms with Crippen LogP contribution < -0.4 is 0 Å². The molecule has 3 rings (SSSR count). The van der Waals surface area contributed by atoms with Gasteiger partial charge in [-0.05, 0) is 23.7 Å². The third-order valence-electron chi connectivity index (χ3n) is 3.65. The van der Waals surface area contributed by atoms with E-state index in [2.05, 4.69) is 32.4 Å². The maximum absolute atomic E-state index is 5.32. The fraction of sp³-hybridized carbons (Fsp3) is 0.538. The van der Waals surface area contributed by atoms with E-state index in [9.17, 15) is 0 Å². The lowest BCUT2D eigenvalue weighted by atomic mass is 10.3. The minimum absolute atomic E-state index is 0.783. The van der Waals surface area contributed by atoms with E-state index in [-0.39, 0.29) is 0 Å². The molecule has 20 heavy (non-hydrogen) atoms. The Hall–Kier alpha value is -1.02. The monoisotopic (exact) mass is 309 g/mol. The predicted octanol–water partition coefficient (Wildman–Crippen LogP) is 1.79. The second kappa shape index (κ2) is 6.17. The first-order valence-corrected chi connectivity index (χ1v) is 8.07. The standard InChI is InChI=1S/C13H19N5S2/c1-15-10-14-18(13(15)19)11-17-6-4-16(5-7-17)9-12-3-2-8-20-12/h2-3,8,10H,4-7,9,11H2,1H3. The van der Waals surface area contributed by atoms with Crippen LogP contribution in [0.4, 0.5) is 0 Å². The summed E-state index contributed by atoms with van der Waals surface area (Å²) in [5.41, 5.74) is 0. The van der Waals surface area contributed by atoms with Crippen LogP contribution in [0.5, 0.6) is 0 Å². The molecule has 0 aliphatic carbocycles. The van der Waals surface area contributed by atoms with Gasteiger partial charge in [-0.1, -0.05) is 6.07 Å². The van der Waals surface area contributed by atoms with E-state index in [4.69, 9.17) is 12.2 Å². The van der Waals surface area contributed by atoms with E-state index in [1.165, 1.54) is 4.88 Å². The summed E-state index contributed by atoms with van der Waals surface area (Å²) < 4.78 is 4.55. The van der Waals surface area contributed by atoms with Gasteiger partial charge in [0.2, 0.25) is 0 Å². The molecule has 5 nitrogen and oxygen atoms in total. The third kappa shape index (κ3) is 3.17. The molecule has 1 saturated heterocycles. The average Bonchev–Trinajstić information content (AvgIpc) is 3.06. The molecular formula is C13H19N5S2. The van der Waals surface area contributed by atoms with Crippen molar-refractivity contribution in [2.24, 2.45) is 7.05 Å². The van der Waals surface area contributed by atoms with Crippen LogP contribution in [0.1, 0.15) is 4.88 Å². The van der Waals surface area contributed by atoms with Gasteiger partial charge in [0.15, 0.2) is 4.77 Å². The number of piperazine rings is 1. The Morgan fingerprint density at radius 2 is 2.00 bits per heavy atom. The average molecular weight is 309 g/mol. The van der Waals surface area contributed by atoms with Gasteiger partial charge in [0.05, 0.1) is 6.67 Å². The topological polar surface area (TPSA) is 29.2 Å². The lowest BCUT2D eigenvalue weighted by molar-refractivity contribution is 0.0987. The molecule has 0 radical (unpaired) electrons. The highest BCUT2D eigenvalue weighted by molar-refractivity contribution is 7.71. The molecule has 0 N–H and O–H groups in total. The minimum atomic E-state index is 0.783. The van der Waals surface area contributed by atoms with Crippen molar-refractivity contribution >= 4 is 23.6 Å². The van der Waals surface area contributed by atoms with Crippen LogP contribution in [0.25, 0.3) is 0 Å². The highest BCUT2D eigenvalue weighted by Gasteiger charge is 2.17. The molecule has 0 aromatic carbocycles. The molecule has 7 heteroatoms. The summed E-state index contributed by atoms with van der Waals surface area (Å²) in [6.07, 6.45) is 1.77. The largest absolute Gasteiger partial charge is 0.310 e. The van der Waals surface area contributed by atoms with Crippen molar-refractivity contribution in [1.29, 1.82) is 0 Å². The van der Waals surface area contributed by atoms with Gasteiger partial charge in [-0.2, -0.15) is 5.10 Å². The molecule has 3 heterocycles. The van der Waals surface area contributed by atoms with Gasteiger partial charge in [-0.3, -0.25) is 9.80 Å². The van der Waals surface area contributed by atoms with Crippen molar-refractivity contribution in [2.45, 2.75) is 13.2 Å². The van der Waals surface area contributed by atoms with E-state index in [1.54, 1.807) is 6.33 Å². The van der Waals surface area contributed by atoms with Gasteiger partial charge >= 0.3 is 0 Å². The zero-order valence-corrected chi connectivity index (χ0v) is 13.2. The Morgan fingerprint density at radius 3 is 2.60 bits per heavy atom. The Morgan fingerprint density at radius 1 is 1.25 bits per heavy atom. The second-order valence-corrected chi connectivity index (χ2v) is 6.54. The first-order valence-electron chi connectivity index (χ1n) is 6.78. The van der Waals surface area contributed by atoms with Crippen molar-refractivity contribution in [3.63, 3.8) is 0 Å². The zero-order valence-electron chi connectivity index (χ0n) is 11.6. The van der Waals surface area contributed by atoms with E-state index in [0.29, 0.717) is 0 Å². The van der Waals surface area contributed by atoms with Crippen LogP contribution in [0.2, 0.25) is 0 Å². The zero-order chi connectivity index (χ0) is 13.9. The number of rotatable bonds is 4. The number of aromatic nitrogens is 3. The number of hydrogen-bond acceptors (Lipinski definition) is 5. The van der Waals surface area contributed by atoms with E-state index >= 15 is 0 Å². The van der Waals surface area contributed by atoms with Crippen molar-refractivity contribution in [1.82, 2.24) is 24.1 Å². The summed E-state index contributed by atoms with van der Waals surface area (Å²) in [4.78, 5) is 6.37. The van der Waals surface area contributed by atoms with Crippen LogP contribution in [0.15, 0.2) is 23.8 Å². The quantitative estimate of drug-likeness (QED) is 0.805. The molecule has 0 saturated carbocycles. The van der Waals surface area contributed by atoms with Gasteiger partial charge in [-0.25, -0.2) is 4.68 Å². The van der Waals surface area contributed by atoms with Gasteiger partial charge in [0.1, 0.15) is 6.33 Å². The molecule has 1 fully saturated rings. The fourth-order valence-electron chi connectivity index (χ4n) is 2.42. The summed E-state index contributed by atoms with van der Waals surface area (Å²) >= 11 is 7.16. The van der Waals surface area contributed by atoms with E-state index < -0.39 is 0 Å². The Balaban J connectivity index is 1.51. The van der Waals surface area contributed by atoms with Crippen LogP contribution in [0, 0.1) is 4.77 Å². The Kier molecular flexibility index (Phi) is 4.30. The number of thiophene rings is 1. The van der Waals surface area contributed by atoms with Gasteiger partial charge in [-0.15, -0.1) is 11.3 Å². The van der Waals surface area contributed by atoms with Gasteiger partial charge in [0, 0.05) is 44.6 Å². The Bertz CT molecular complexity index is 593. The molecular weight excluding hydrogens is 290 g/mol. The second-order valence-electron chi connectivity index (χ2n) is 5.14. The number of nitrogens with zero attached hydrogens (tertiary/aromatic N) is 5. The van der Waals surface area contributed by atoms with Crippen molar-refractivity contribution in [3.8, 4) is 0 Å². The summed E-state index contributed by atoms with van der Waals surface area (Å²) in [5, 5.41) is 6.46. The van der Waals surface area contributed by atoms with Crippen molar-refractivity contribution < 1.29 is 0 Å². The normalized spacial score (nSPS) is 17.6. The van der Waals surface area contributed by atoms with E-state index in [1.807, 2.05) is 27.6 Å². The molecule has 1 aliphatic rings. The lowest BCUT2D eigenvalue weighted by Gasteiger charge is -2.34. The summed E-state index contributed by atoms with van der Waals surface area (Å²) in [7, 11) is 1.94. The molecule has 2 aromatic heterocycles. The summed E-state index contributed by atoms with van der Waals surface area (Å²) in [6.45, 7) is 6.24. The smallest absolute Gasteiger partial charge is 0.198 e. The van der Waals surface area contributed by atoms with Crippen LogP contribution in [-0.2, 0) is 20.3 Å². The van der Waals surface area contributed by atoms with Crippen molar-refractivity contribution in [3.05, 3.63) is 33.5 Å². The van der Waals surface area contributed by atoms with Crippen LogP contribution in [-0.4, -0.2) is 50.3 Å². The lowest BCUT2D eigenvalue weighted by Crippen LogP contribution is -2.46. The minimum Gasteiger partial charge on any atom is -0.310 e. The molecule has 2 aromatic rings. The third-order valence-corrected chi connectivity index (χ3v) is 5.01. The van der Waals surface area contributed by atoms with Crippen molar-refractivity contribution in [2.75, 3.05) is 26.2 Å². The highest BCUT2D eigenvalue weighted by Crippen LogP contribution is 2.13. The molecule has 1 aliphatic heterocycles. The number of hydrogen-bond donors (Lipinski definition) is 0. The van der Waals surface area contributed by atoms with Crippen LogP contribution >= 0.6 is 23.6 Å². The first-order chi connectivity index (χ1) is 9.72. The van der Waals surface area contributed by atoms with Gasteiger partial charge in [0.25, 0.3) is 0 Å². The fourth-order valence-corrected chi connectivity index (χ4v) is 3.32. The maximum Gasteiger partial charge on any atom is 0.198 e. The molecule has 108 valence electrons. The maximum atomic E-state index is 5.32. The molecule has 0 unspecified atom stereocenters. The Labute approximate surface area is 128 Å².